The molecule has 7 nitrogen and oxygen atoms in total. The molecule has 0 aliphatic heterocycles. The summed E-state index contributed by atoms with van der Waals surface area (Å²) >= 11 is 6.57. The summed E-state index contributed by atoms with van der Waals surface area (Å²) in [6, 6.07) is 19.0. The highest BCUT2D eigenvalue weighted by Crippen LogP contribution is 2.24. The second kappa shape index (κ2) is 12.4. The van der Waals surface area contributed by atoms with E-state index in [9.17, 15) is 9.59 Å². The molecular formula is C28H32ClN5O2. The number of halogens is 1. The molecule has 0 bridgehead atoms. The van der Waals surface area contributed by atoms with Crippen molar-refractivity contribution in [3.63, 3.8) is 0 Å². The van der Waals surface area contributed by atoms with Crippen molar-refractivity contribution in [1.29, 1.82) is 5.26 Å². The number of alkyl halides is 1. The maximum Gasteiger partial charge on any atom is 0.249 e. The van der Waals surface area contributed by atoms with Crippen molar-refractivity contribution >= 4 is 23.4 Å². The van der Waals surface area contributed by atoms with E-state index in [0.29, 0.717) is 30.9 Å². The molecule has 0 saturated carbocycles. The predicted molar refractivity (Wildman–Crippen MR) is 140 cm³/mol. The third-order valence-electron chi connectivity index (χ3n) is 6.25. The van der Waals surface area contributed by atoms with E-state index in [1.54, 1.807) is 18.3 Å². The van der Waals surface area contributed by atoms with E-state index in [-0.39, 0.29) is 24.8 Å². The van der Waals surface area contributed by atoms with Gasteiger partial charge < -0.3 is 4.57 Å². The minimum atomic E-state index is -0.466. The number of rotatable bonds is 10. The smallest absolute Gasteiger partial charge is 0.249 e. The van der Waals surface area contributed by atoms with Crippen LogP contribution in [0.1, 0.15) is 56.1 Å². The first-order valence-corrected chi connectivity index (χ1v) is 12.4. The number of nitrogens with zero attached hydrogens (tertiary/aromatic N) is 5. The van der Waals surface area contributed by atoms with Crippen LogP contribution in [0.25, 0.3) is 0 Å². The minimum absolute atomic E-state index is 0.0335. The molecule has 0 unspecified atom stereocenters. The zero-order chi connectivity index (χ0) is 26.1. The number of hydrazine groups is 1. The van der Waals surface area contributed by atoms with Gasteiger partial charge in [0.1, 0.15) is 5.82 Å². The van der Waals surface area contributed by atoms with Crippen molar-refractivity contribution in [1.82, 2.24) is 19.6 Å². The third kappa shape index (κ3) is 7.43. The lowest BCUT2D eigenvalue weighted by atomic mass is 10.0. The normalized spacial score (nSPS) is 12.4. The topological polar surface area (TPSA) is 82.2 Å². The molecule has 1 aromatic heterocycles. The Morgan fingerprint density at radius 3 is 2.39 bits per heavy atom. The fraction of sp³-hybridized carbons (Fsp3) is 0.357. The summed E-state index contributed by atoms with van der Waals surface area (Å²) in [4.78, 5) is 30.3. The van der Waals surface area contributed by atoms with Crippen LogP contribution in [0, 0.1) is 11.3 Å². The molecule has 3 rings (SSSR count). The van der Waals surface area contributed by atoms with Gasteiger partial charge in [0.2, 0.25) is 11.8 Å². The lowest BCUT2D eigenvalue weighted by molar-refractivity contribution is -0.164. The highest BCUT2D eigenvalue weighted by molar-refractivity contribution is 6.23. The van der Waals surface area contributed by atoms with Gasteiger partial charge in [-0.05, 0) is 43.0 Å². The van der Waals surface area contributed by atoms with Crippen LogP contribution in [0.5, 0.6) is 0 Å². The van der Waals surface area contributed by atoms with E-state index < -0.39 is 4.87 Å². The van der Waals surface area contributed by atoms with Crippen LogP contribution in [0.3, 0.4) is 0 Å². The second-order valence-electron chi connectivity index (χ2n) is 9.05. The molecular weight excluding hydrogens is 474 g/mol. The van der Waals surface area contributed by atoms with E-state index in [1.165, 1.54) is 16.9 Å². The summed E-state index contributed by atoms with van der Waals surface area (Å²) in [5, 5.41) is 12.0. The molecule has 1 heterocycles. The Balaban J connectivity index is 1.83. The maximum absolute atomic E-state index is 13.7. The summed E-state index contributed by atoms with van der Waals surface area (Å²) in [5.74, 6) is 0.152. The molecule has 36 heavy (non-hydrogen) atoms. The van der Waals surface area contributed by atoms with Gasteiger partial charge in [0.15, 0.2) is 0 Å². The molecule has 0 saturated heterocycles. The standard InChI is InChI=1S/C28H32ClN5O2/c1-4-28(3,29)14-16-33(22(2)35)34(21-24-8-6-5-7-9-24)27(36)18-26-31-15-17-32(26)20-25-12-10-23(19-30)11-13-25/h5-13,15,17H,4,14,16,18,20-21H2,1-3H3/t28-/m0/s1. The zero-order valence-electron chi connectivity index (χ0n) is 21.0. The molecule has 3 aromatic rings. The Morgan fingerprint density at radius 2 is 1.78 bits per heavy atom. The Labute approximate surface area is 217 Å². The average Bonchev–Trinajstić information content (AvgIpc) is 3.30. The summed E-state index contributed by atoms with van der Waals surface area (Å²) in [6.45, 7) is 6.53. The van der Waals surface area contributed by atoms with E-state index in [1.807, 2.05) is 67.1 Å². The van der Waals surface area contributed by atoms with Crippen LogP contribution in [0.2, 0.25) is 0 Å². The molecule has 0 fully saturated rings. The Bertz CT molecular complexity index is 1200. The summed E-state index contributed by atoms with van der Waals surface area (Å²) in [6.07, 6.45) is 4.82. The summed E-state index contributed by atoms with van der Waals surface area (Å²) < 4.78 is 1.91. The van der Waals surface area contributed by atoms with Gasteiger partial charge in [-0.15, -0.1) is 11.6 Å². The number of carbonyl (C=O) groups is 2. The number of hydrogen-bond donors (Lipinski definition) is 0. The van der Waals surface area contributed by atoms with Crippen molar-refractivity contribution in [3.8, 4) is 6.07 Å². The van der Waals surface area contributed by atoms with Gasteiger partial charge >= 0.3 is 0 Å². The van der Waals surface area contributed by atoms with Crippen LogP contribution >= 0.6 is 11.6 Å². The van der Waals surface area contributed by atoms with E-state index in [0.717, 1.165) is 17.5 Å². The number of nitriles is 1. The largest absolute Gasteiger partial charge is 0.330 e. The predicted octanol–water partition coefficient (Wildman–Crippen LogP) is 4.94. The van der Waals surface area contributed by atoms with Gasteiger partial charge in [-0.2, -0.15) is 5.26 Å². The van der Waals surface area contributed by atoms with Gasteiger partial charge in [-0.3, -0.25) is 14.6 Å². The molecule has 0 aliphatic rings. The van der Waals surface area contributed by atoms with Crippen molar-refractivity contribution in [3.05, 3.63) is 89.5 Å². The molecule has 2 aromatic carbocycles. The number of imidazole rings is 1. The van der Waals surface area contributed by atoms with E-state index >= 15 is 0 Å². The van der Waals surface area contributed by atoms with Gasteiger partial charge in [0, 0.05) is 37.3 Å². The quantitative estimate of drug-likeness (QED) is 0.289. The molecule has 0 radical (unpaired) electrons. The SMILES string of the molecule is CC[C@](C)(Cl)CCN(C(C)=O)N(Cc1ccccc1)C(=O)Cc1nccn1Cc1ccc(C#N)cc1. The van der Waals surface area contributed by atoms with Gasteiger partial charge in [0.25, 0.3) is 0 Å². The fourth-order valence-corrected chi connectivity index (χ4v) is 3.87. The zero-order valence-corrected chi connectivity index (χ0v) is 21.8. The van der Waals surface area contributed by atoms with E-state index in [2.05, 4.69) is 11.1 Å². The van der Waals surface area contributed by atoms with Crippen LogP contribution in [-0.2, 0) is 29.1 Å². The van der Waals surface area contributed by atoms with Crippen LogP contribution in [-0.4, -0.2) is 42.8 Å². The number of hydrogen-bond acceptors (Lipinski definition) is 4. The molecule has 8 heteroatoms. The van der Waals surface area contributed by atoms with Crippen LogP contribution in [0.15, 0.2) is 67.0 Å². The lowest BCUT2D eigenvalue weighted by Gasteiger charge is -2.36. The van der Waals surface area contributed by atoms with Crippen molar-refractivity contribution in [2.24, 2.45) is 0 Å². The number of benzene rings is 2. The molecule has 0 N–H and O–H groups in total. The van der Waals surface area contributed by atoms with Crippen molar-refractivity contribution in [2.45, 2.75) is 58.0 Å². The van der Waals surface area contributed by atoms with E-state index in [4.69, 9.17) is 16.9 Å². The lowest BCUT2D eigenvalue weighted by Crippen LogP contribution is -2.50. The third-order valence-corrected chi connectivity index (χ3v) is 6.70. The molecule has 0 aliphatic carbocycles. The molecule has 188 valence electrons. The number of amides is 2. The minimum Gasteiger partial charge on any atom is -0.330 e. The molecule has 1 atom stereocenters. The Morgan fingerprint density at radius 1 is 1.08 bits per heavy atom. The summed E-state index contributed by atoms with van der Waals surface area (Å²) in [7, 11) is 0. The first-order chi connectivity index (χ1) is 17.2. The Hall–Kier alpha value is -3.63. The average molecular weight is 506 g/mol. The number of aromatic nitrogens is 2. The fourth-order valence-electron chi connectivity index (χ4n) is 3.79. The van der Waals surface area contributed by atoms with Gasteiger partial charge in [0.05, 0.1) is 24.6 Å². The Kier molecular flexibility index (Phi) is 9.26. The summed E-state index contributed by atoms with van der Waals surface area (Å²) in [5.41, 5.74) is 2.51. The van der Waals surface area contributed by atoms with Crippen LogP contribution in [0.4, 0.5) is 0 Å². The first-order valence-electron chi connectivity index (χ1n) is 12.0. The number of carbonyl (C=O) groups excluding carboxylic acids is 2. The molecule has 2 amide bonds. The van der Waals surface area contributed by atoms with Crippen molar-refractivity contribution in [2.75, 3.05) is 6.54 Å². The molecule has 0 spiro atoms. The monoisotopic (exact) mass is 505 g/mol. The van der Waals surface area contributed by atoms with Gasteiger partial charge in [-0.25, -0.2) is 9.99 Å². The highest BCUT2D eigenvalue weighted by atomic mass is 35.5. The van der Waals surface area contributed by atoms with Crippen LogP contribution < -0.4 is 0 Å². The maximum atomic E-state index is 13.7. The van der Waals surface area contributed by atoms with Crippen molar-refractivity contribution < 1.29 is 9.59 Å². The highest BCUT2D eigenvalue weighted by Gasteiger charge is 2.28. The second-order valence-corrected chi connectivity index (χ2v) is 9.97. The first kappa shape index (κ1) is 27.0. The van der Waals surface area contributed by atoms with Gasteiger partial charge in [-0.1, -0.05) is 49.4 Å².